The molecule has 0 bridgehead atoms. The first-order valence-electron chi connectivity index (χ1n) is 4.81. The number of sulfone groups is 1. The maximum absolute atomic E-state index is 11.3. The maximum Gasteiger partial charge on any atom is 0.232 e. The van der Waals surface area contributed by atoms with Crippen molar-refractivity contribution in [2.75, 3.05) is 18.1 Å². The van der Waals surface area contributed by atoms with Gasteiger partial charge >= 0.3 is 0 Å². The molecule has 0 saturated carbocycles. The summed E-state index contributed by atoms with van der Waals surface area (Å²) >= 11 is 4.92. The third kappa shape index (κ3) is 6.16. The zero-order chi connectivity index (χ0) is 12.9. The summed E-state index contributed by atoms with van der Waals surface area (Å²) in [7, 11) is -3.37. The van der Waals surface area contributed by atoms with Gasteiger partial charge in [-0.15, -0.1) is 11.3 Å². The molecule has 3 N–H and O–H groups in total. The molecule has 0 aliphatic heterocycles. The minimum absolute atomic E-state index is 0.0809. The Morgan fingerprint density at radius 2 is 2.24 bits per heavy atom. The highest BCUT2D eigenvalue weighted by molar-refractivity contribution is 9.10. The minimum atomic E-state index is -3.37. The average Bonchev–Trinajstić information content (AvgIpc) is 2.57. The molecule has 0 unspecified atom stereocenters. The van der Waals surface area contributed by atoms with Crippen LogP contribution < -0.4 is 11.1 Å². The van der Waals surface area contributed by atoms with Crippen LogP contribution in [0.25, 0.3) is 0 Å². The molecule has 0 aliphatic rings. The van der Waals surface area contributed by atoms with E-state index < -0.39 is 21.5 Å². The van der Waals surface area contributed by atoms with Crippen LogP contribution in [0.4, 0.5) is 0 Å². The molecule has 0 fully saturated rings. The minimum Gasteiger partial charge on any atom is -0.369 e. The van der Waals surface area contributed by atoms with Gasteiger partial charge in [-0.1, -0.05) is 0 Å². The van der Waals surface area contributed by atoms with E-state index in [1.54, 1.807) is 11.3 Å². The second-order valence-electron chi connectivity index (χ2n) is 3.47. The lowest BCUT2D eigenvalue weighted by molar-refractivity contribution is -0.115. The third-order valence-corrected chi connectivity index (χ3v) is 5.12. The predicted octanol–water partition coefficient (Wildman–Crippen LogP) is 0.500. The highest BCUT2D eigenvalue weighted by Gasteiger charge is 2.13. The van der Waals surface area contributed by atoms with Crippen LogP contribution in [0.3, 0.4) is 0 Å². The Morgan fingerprint density at radius 3 is 2.76 bits per heavy atom. The molecule has 1 aromatic heterocycles. The third-order valence-electron chi connectivity index (χ3n) is 1.87. The van der Waals surface area contributed by atoms with Crippen molar-refractivity contribution in [1.82, 2.24) is 5.32 Å². The molecule has 0 saturated heterocycles. The van der Waals surface area contributed by atoms with Crippen LogP contribution in [0.2, 0.25) is 0 Å². The second-order valence-corrected chi connectivity index (χ2v) is 7.56. The van der Waals surface area contributed by atoms with E-state index in [1.165, 1.54) is 0 Å². The van der Waals surface area contributed by atoms with Gasteiger partial charge in [0.15, 0.2) is 9.84 Å². The number of halogens is 1. The highest BCUT2D eigenvalue weighted by atomic mass is 79.9. The summed E-state index contributed by atoms with van der Waals surface area (Å²) in [5.74, 6) is -1.48. The van der Waals surface area contributed by atoms with Gasteiger partial charge in [0.1, 0.15) is 5.75 Å². The SMILES string of the molecule is NC(=O)CS(=O)(=O)CCNCc1cc(Br)cs1. The lowest BCUT2D eigenvalue weighted by Gasteiger charge is -2.03. The fourth-order valence-electron chi connectivity index (χ4n) is 1.17. The number of carbonyl (C=O) groups excluding carboxylic acids is 1. The van der Waals surface area contributed by atoms with Crippen LogP contribution in [0.5, 0.6) is 0 Å². The van der Waals surface area contributed by atoms with Gasteiger partial charge in [0.25, 0.3) is 0 Å². The van der Waals surface area contributed by atoms with E-state index in [1.807, 2.05) is 11.4 Å². The molecule has 0 spiro atoms. The number of hydrogen-bond donors (Lipinski definition) is 2. The number of nitrogens with two attached hydrogens (primary N) is 1. The summed E-state index contributed by atoms with van der Waals surface area (Å²) in [5.41, 5.74) is 4.83. The molecule has 5 nitrogen and oxygen atoms in total. The fraction of sp³-hybridized carbons (Fsp3) is 0.444. The Balaban J connectivity index is 2.26. The Kier molecular flexibility index (Phi) is 5.57. The number of primary amides is 1. The van der Waals surface area contributed by atoms with Crippen molar-refractivity contribution in [2.24, 2.45) is 5.73 Å². The normalized spacial score (nSPS) is 11.6. The van der Waals surface area contributed by atoms with Crippen LogP contribution >= 0.6 is 27.3 Å². The first-order valence-corrected chi connectivity index (χ1v) is 8.31. The molecule has 1 heterocycles. The molecule has 8 heteroatoms. The van der Waals surface area contributed by atoms with E-state index in [0.717, 1.165) is 9.35 Å². The molecule has 1 amide bonds. The van der Waals surface area contributed by atoms with Crippen molar-refractivity contribution >= 4 is 43.0 Å². The van der Waals surface area contributed by atoms with Crippen molar-refractivity contribution in [1.29, 1.82) is 0 Å². The quantitative estimate of drug-likeness (QED) is 0.707. The van der Waals surface area contributed by atoms with E-state index >= 15 is 0 Å². The van der Waals surface area contributed by atoms with Gasteiger partial charge < -0.3 is 11.1 Å². The standard InChI is InChI=1S/C9H13BrN2O3S2/c10-7-3-8(16-5-7)4-12-1-2-17(14,15)6-9(11)13/h3,5,12H,1-2,4,6H2,(H2,11,13). The van der Waals surface area contributed by atoms with Crippen molar-refractivity contribution in [3.63, 3.8) is 0 Å². The van der Waals surface area contributed by atoms with E-state index in [9.17, 15) is 13.2 Å². The van der Waals surface area contributed by atoms with Crippen LogP contribution in [0.1, 0.15) is 4.88 Å². The second kappa shape index (κ2) is 6.48. The Morgan fingerprint density at radius 1 is 1.53 bits per heavy atom. The van der Waals surface area contributed by atoms with Crippen LogP contribution in [-0.4, -0.2) is 32.4 Å². The van der Waals surface area contributed by atoms with E-state index in [0.29, 0.717) is 13.1 Å². The van der Waals surface area contributed by atoms with Crippen molar-refractivity contribution < 1.29 is 13.2 Å². The lowest BCUT2D eigenvalue weighted by atomic mass is 10.4. The fourth-order valence-corrected chi connectivity index (χ4v) is 3.63. The molecular weight excluding hydrogens is 328 g/mol. The Bertz CT molecular complexity index is 484. The first-order chi connectivity index (χ1) is 7.89. The Labute approximate surface area is 112 Å². The number of thiophene rings is 1. The van der Waals surface area contributed by atoms with Gasteiger partial charge in [0.2, 0.25) is 5.91 Å². The van der Waals surface area contributed by atoms with Gasteiger partial charge in [-0.2, -0.15) is 0 Å². The molecule has 1 aromatic rings. The summed E-state index contributed by atoms with van der Waals surface area (Å²) in [6, 6.07) is 1.97. The van der Waals surface area contributed by atoms with Crippen molar-refractivity contribution in [2.45, 2.75) is 6.54 Å². The monoisotopic (exact) mass is 340 g/mol. The summed E-state index contributed by atoms with van der Waals surface area (Å²) in [5, 5.41) is 4.96. The van der Waals surface area contributed by atoms with Crippen molar-refractivity contribution in [3.8, 4) is 0 Å². The predicted molar refractivity (Wildman–Crippen MR) is 71.6 cm³/mol. The summed E-state index contributed by atoms with van der Waals surface area (Å²) < 4.78 is 23.6. The van der Waals surface area contributed by atoms with Gasteiger partial charge in [-0.25, -0.2) is 8.42 Å². The molecule has 0 atom stereocenters. The van der Waals surface area contributed by atoms with E-state index in [2.05, 4.69) is 21.2 Å². The van der Waals surface area contributed by atoms with Crippen LogP contribution in [0, 0.1) is 0 Å². The largest absolute Gasteiger partial charge is 0.369 e. The van der Waals surface area contributed by atoms with Gasteiger partial charge in [-0.3, -0.25) is 4.79 Å². The number of rotatable bonds is 7. The number of nitrogens with one attached hydrogen (secondary N) is 1. The molecule has 0 aromatic carbocycles. The van der Waals surface area contributed by atoms with Gasteiger partial charge in [0.05, 0.1) is 5.75 Å². The smallest absolute Gasteiger partial charge is 0.232 e. The number of hydrogen-bond acceptors (Lipinski definition) is 5. The number of carbonyl (C=O) groups is 1. The van der Waals surface area contributed by atoms with Crippen LogP contribution in [0.15, 0.2) is 15.9 Å². The lowest BCUT2D eigenvalue weighted by Crippen LogP contribution is -2.29. The molecule has 17 heavy (non-hydrogen) atoms. The zero-order valence-corrected chi connectivity index (χ0v) is 12.2. The van der Waals surface area contributed by atoms with Crippen LogP contribution in [-0.2, 0) is 21.2 Å². The maximum atomic E-state index is 11.3. The first kappa shape index (κ1) is 14.6. The molecule has 96 valence electrons. The van der Waals surface area contributed by atoms with Gasteiger partial charge in [0, 0.05) is 27.8 Å². The summed E-state index contributed by atoms with van der Waals surface area (Å²) in [4.78, 5) is 11.6. The van der Waals surface area contributed by atoms with Crippen molar-refractivity contribution in [3.05, 3.63) is 20.8 Å². The summed E-state index contributed by atoms with van der Waals surface area (Å²) in [6.45, 7) is 0.924. The molecule has 1 rings (SSSR count). The average molecular weight is 341 g/mol. The number of amides is 1. The summed E-state index contributed by atoms with van der Waals surface area (Å²) in [6.07, 6.45) is 0. The van der Waals surface area contributed by atoms with Gasteiger partial charge in [-0.05, 0) is 22.0 Å². The molecule has 0 radical (unpaired) electrons. The highest BCUT2D eigenvalue weighted by Crippen LogP contribution is 2.19. The molecule has 0 aliphatic carbocycles. The van der Waals surface area contributed by atoms with E-state index in [4.69, 9.17) is 5.73 Å². The molecular formula is C9H13BrN2O3S2. The Hall–Kier alpha value is -0.440. The topological polar surface area (TPSA) is 89.3 Å². The van der Waals surface area contributed by atoms with E-state index in [-0.39, 0.29) is 5.75 Å². The zero-order valence-electron chi connectivity index (χ0n) is 8.98.